The number of pyridine rings is 1. The van der Waals surface area contributed by atoms with Gasteiger partial charge in [0.15, 0.2) is 0 Å². The highest BCUT2D eigenvalue weighted by Crippen LogP contribution is 2.19. The van der Waals surface area contributed by atoms with Crippen molar-refractivity contribution in [3.8, 4) is 0 Å². The normalized spacial score (nSPS) is 10.6. The van der Waals surface area contributed by atoms with Crippen LogP contribution in [0.2, 0.25) is 0 Å². The van der Waals surface area contributed by atoms with Gasteiger partial charge in [-0.15, -0.1) is 11.3 Å². The summed E-state index contributed by atoms with van der Waals surface area (Å²) in [6.45, 7) is 2.13. The summed E-state index contributed by atoms with van der Waals surface area (Å²) in [6.07, 6.45) is 2.98. The van der Waals surface area contributed by atoms with E-state index in [-0.39, 0.29) is 0 Å². The van der Waals surface area contributed by atoms with Gasteiger partial charge in [-0.25, -0.2) is 0 Å². The third kappa shape index (κ3) is 1.14. The molecule has 0 amide bonds. The van der Waals surface area contributed by atoms with Crippen molar-refractivity contribution >= 4 is 21.4 Å². The number of aromatic nitrogens is 1. The molecular formula is C9H9NS. The first-order valence-corrected chi connectivity index (χ1v) is 4.60. The number of hydrogen-bond donors (Lipinski definition) is 0. The third-order valence-electron chi connectivity index (χ3n) is 1.76. The summed E-state index contributed by atoms with van der Waals surface area (Å²) in [5, 5.41) is 3.42. The van der Waals surface area contributed by atoms with Gasteiger partial charge in [0.2, 0.25) is 0 Å². The van der Waals surface area contributed by atoms with E-state index in [4.69, 9.17) is 0 Å². The van der Waals surface area contributed by atoms with Crippen LogP contribution < -0.4 is 0 Å². The number of rotatable bonds is 1. The summed E-state index contributed by atoms with van der Waals surface area (Å²) >= 11 is 1.74. The van der Waals surface area contributed by atoms with E-state index in [9.17, 15) is 0 Å². The monoisotopic (exact) mass is 163 g/mol. The van der Waals surface area contributed by atoms with Crippen LogP contribution in [-0.4, -0.2) is 4.98 Å². The zero-order valence-corrected chi connectivity index (χ0v) is 7.19. The van der Waals surface area contributed by atoms with Crippen LogP contribution in [0.15, 0.2) is 23.7 Å². The molecule has 2 heteroatoms. The zero-order valence-electron chi connectivity index (χ0n) is 6.37. The van der Waals surface area contributed by atoms with Gasteiger partial charge in [-0.1, -0.05) is 6.92 Å². The zero-order chi connectivity index (χ0) is 7.68. The van der Waals surface area contributed by atoms with Gasteiger partial charge >= 0.3 is 0 Å². The Hall–Kier alpha value is -0.890. The van der Waals surface area contributed by atoms with Crippen molar-refractivity contribution in [1.29, 1.82) is 0 Å². The van der Waals surface area contributed by atoms with E-state index in [2.05, 4.69) is 29.4 Å². The van der Waals surface area contributed by atoms with Crippen LogP contribution in [0.1, 0.15) is 12.6 Å². The fourth-order valence-electron chi connectivity index (χ4n) is 1.11. The maximum absolute atomic E-state index is 4.31. The lowest BCUT2D eigenvalue weighted by atomic mass is 10.2. The number of nitrogens with zero attached hydrogens (tertiary/aromatic N) is 1. The van der Waals surface area contributed by atoms with E-state index in [0.29, 0.717) is 0 Å². The lowest BCUT2D eigenvalue weighted by molar-refractivity contribution is 1.05. The molecule has 11 heavy (non-hydrogen) atoms. The Morgan fingerprint density at radius 1 is 1.55 bits per heavy atom. The molecule has 0 N–H and O–H groups in total. The number of aryl methyl sites for hydroxylation is 1. The molecule has 0 aliphatic heterocycles. The summed E-state index contributed by atoms with van der Waals surface area (Å²) in [5.41, 5.74) is 1.18. The highest BCUT2D eigenvalue weighted by Gasteiger charge is 1.95. The fraction of sp³-hybridized carbons (Fsp3) is 0.222. The van der Waals surface area contributed by atoms with Crippen molar-refractivity contribution in [3.05, 3.63) is 29.4 Å². The van der Waals surface area contributed by atoms with Crippen molar-refractivity contribution in [2.24, 2.45) is 0 Å². The second-order valence-corrected chi connectivity index (χ2v) is 3.44. The van der Waals surface area contributed by atoms with Crippen molar-refractivity contribution < 1.29 is 0 Å². The molecule has 0 saturated carbocycles. The Morgan fingerprint density at radius 2 is 2.45 bits per heavy atom. The maximum Gasteiger partial charge on any atom is 0.0526 e. The Bertz CT molecular complexity index is 364. The summed E-state index contributed by atoms with van der Waals surface area (Å²) in [5.74, 6) is 0. The van der Waals surface area contributed by atoms with E-state index in [0.717, 1.165) is 6.42 Å². The molecule has 0 aliphatic rings. The van der Waals surface area contributed by atoms with Gasteiger partial charge in [0.25, 0.3) is 0 Å². The topological polar surface area (TPSA) is 12.9 Å². The number of hydrogen-bond acceptors (Lipinski definition) is 2. The van der Waals surface area contributed by atoms with Gasteiger partial charge in [-0.3, -0.25) is 4.98 Å². The van der Waals surface area contributed by atoms with Crippen LogP contribution in [0.3, 0.4) is 0 Å². The molecule has 0 saturated heterocycles. The number of fused-ring (bicyclic) bond motifs is 1. The minimum absolute atomic E-state index is 1.02. The van der Waals surface area contributed by atoms with Gasteiger partial charge in [-0.05, 0) is 29.3 Å². The summed E-state index contributed by atoms with van der Waals surface area (Å²) in [4.78, 5) is 4.31. The molecule has 2 rings (SSSR count). The Kier molecular flexibility index (Phi) is 1.62. The van der Waals surface area contributed by atoms with Gasteiger partial charge in [0.05, 0.1) is 4.70 Å². The predicted molar refractivity (Wildman–Crippen MR) is 49.0 cm³/mol. The molecule has 2 aromatic rings. The molecule has 0 aromatic carbocycles. The molecule has 2 heterocycles. The van der Waals surface area contributed by atoms with Crippen LogP contribution in [0, 0.1) is 0 Å². The van der Waals surface area contributed by atoms with E-state index in [1.807, 2.05) is 6.20 Å². The molecule has 56 valence electrons. The summed E-state index contributed by atoms with van der Waals surface area (Å²) in [7, 11) is 0. The van der Waals surface area contributed by atoms with E-state index >= 15 is 0 Å². The quantitative estimate of drug-likeness (QED) is 0.630. The Morgan fingerprint density at radius 3 is 3.27 bits per heavy atom. The van der Waals surface area contributed by atoms with Gasteiger partial charge in [0, 0.05) is 11.9 Å². The van der Waals surface area contributed by atoms with E-state index < -0.39 is 0 Å². The predicted octanol–water partition coefficient (Wildman–Crippen LogP) is 2.86. The van der Waals surface area contributed by atoms with E-state index in [1.165, 1.54) is 15.8 Å². The lowest BCUT2D eigenvalue weighted by Crippen LogP contribution is -1.83. The molecule has 0 aliphatic carbocycles. The van der Waals surface area contributed by atoms with Crippen LogP contribution >= 0.6 is 11.3 Å². The van der Waals surface area contributed by atoms with Gasteiger partial charge in [-0.2, -0.15) is 0 Å². The molecule has 1 nitrogen and oxygen atoms in total. The highest BCUT2D eigenvalue weighted by molar-refractivity contribution is 7.17. The molecule has 0 bridgehead atoms. The van der Waals surface area contributed by atoms with Crippen molar-refractivity contribution in [3.63, 3.8) is 0 Å². The number of thiophene rings is 1. The maximum atomic E-state index is 4.31. The largest absolute Gasteiger partial charge is 0.260 e. The SMILES string of the molecule is CCc1cc2ccsc2cn1. The third-order valence-corrected chi connectivity index (χ3v) is 2.63. The van der Waals surface area contributed by atoms with Crippen LogP contribution in [0.4, 0.5) is 0 Å². The standard InChI is InChI=1S/C9H9NS/c1-2-8-5-7-3-4-11-9(7)6-10-8/h3-6H,2H2,1H3. The second-order valence-electron chi connectivity index (χ2n) is 2.49. The van der Waals surface area contributed by atoms with Crippen LogP contribution in [-0.2, 0) is 6.42 Å². The average Bonchev–Trinajstić information content (AvgIpc) is 2.50. The van der Waals surface area contributed by atoms with Gasteiger partial charge in [0.1, 0.15) is 0 Å². The van der Waals surface area contributed by atoms with E-state index in [1.54, 1.807) is 11.3 Å². The summed E-state index contributed by atoms with van der Waals surface area (Å²) < 4.78 is 1.28. The van der Waals surface area contributed by atoms with Crippen LogP contribution in [0.25, 0.3) is 10.1 Å². The van der Waals surface area contributed by atoms with Crippen LogP contribution in [0.5, 0.6) is 0 Å². The minimum atomic E-state index is 1.02. The van der Waals surface area contributed by atoms with Crippen molar-refractivity contribution in [2.45, 2.75) is 13.3 Å². The molecule has 0 atom stereocenters. The first kappa shape index (κ1) is 6.80. The Balaban J connectivity index is 2.67. The Labute approximate surface area is 69.7 Å². The smallest absolute Gasteiger partial charge is 0.0526 e. The van der Waals surface area contributed by atoms with Crippen molar-refractivity contribution in [2.75, 3.05) is 0 Å². The first-order chi connectivity index (χ1) is 5.40. The molecule has 2 aromatic heterocycles. The molecule has 0 radical (unpaired) electrons. The molecular weight excluding hydrogens is 154 g/mol. The lowest BCUT2D eigenvalue weighted by Gasteiger charge is -1.93. The first-order valence-electron chi connectivity index (χ1n) is 3.72. The van der Waals surface area contributed by atoms with Gasteiger partial charge < -0.3 is 0 Å². The summed E-state index contributed by atoms with van der Waals surface area (Å²) in [6, 6.07) is 4.30. The minimum Gasteiger partial charge on any atom is -0.260 e. The highest BCUT2D eigenvalue weighted by atomic mass is 32.1. The molecule has 0 unspecified atom stereocenters. The average molecular weight is 163 g/mol. The fourth-order valence-corrected chi connectivity index (χ4v) is 1.84. The van der Waals surface area contributed by atoms with Crippen molar-refractivity contribution in [1.82, 2.24) is 4.98 Å². The molecule has 0 fully saturated rings. The second kappa shape index (κ2) is 2.62. The molecule has 0 spiro atoms.